The van der Waals surface area contributed by atoms with Crippen molar-refractivity contribution in [3.8, 4) is 5.75 Å². The molecule has 0 bridgehead atoms. The maximum absolute atomic E-state index is 14.8. The number of morpholine rings is 1. The van der Waals surface area contributed by atoms with E-state index in [4.69, 9.17) is 4.74 Å². The SMILES string of the molecule is C=CCN1CC(=O)N2[C@@H](Cc3ccc(O)cc3)C(=O)N(Cc3cccc4c(C(=C)N5CCN(CCN6CCOCC6)CC5)cn(C)c34)C[C@@H]2N1C(=O)NCc1ccccc1. The van der Waals surface area contributed by atoms with Crippen molar-refractivity contribution in [1.82, 2.24) is 44.4 Å². The van der Waals surface area contributed by atoms with Crippen LogP contribution in [0, 0.1) is 0 Å². The maximum atomic E-state index is 14.8. The zero-order valence-corrected chi connectivity index (χ0v) is 34.6. The number of nitrogens with one attached hydrogen (secondary N) is 1. The number of hydrazine groups is 1. The largest absolute Gasteiger partial charge is 0.508 e. The smallest absolute Gasteiger partial charge is 0.334 e. The molecule has 4 aliphatic rings. The Balaban J connectivity index is 1.05. The third kappa shape index (κ3) is 8.78. The summed E-state index contributed by atoms with van der Waals surface area (Å²) in [7, 11) is 2.03. The highest BCUT2D eigenvalue weighted by molar-refractivity contribution is 5.95. The minimum atomic E-state index is -0.883. The second-order valence-corrected chi connectivity index (χ2v) is 16.2. The second-order valence-electron chi connectivity index (χ2n) is 16.2. The summed E-state index contributed by atoms with van der Waals surface area (Å²) in [6, 6.07) is 21.3. The van der Waals surface area contributed by atoms with Crippen molar-refractivity contribution in [1.29, 1.82) is 0 Å². The van der Waals surface area contributed by atoms with Gasteiger partial charge in [0.1, 0.15) is 18.0 Å². The minimum Gasteiger partial charge on any atom is -0.508 e. The van der Waals surface area contributed by atoms with E-state index in [9.17, 15) is 19.5 Å². The van der Waals surface area contributed by atoms with Crippen LogP contribution < -0.4 is 5.32 Å². The summed E-state index contributed by atoms with van der Waals surface area (Å²) in [5.74, 6) is -0.323. The topological polar surface area (TPSA) is 120 Å². The van der Waals surface area contributed by atoms with Gasteiger partial charge in [-0.05, 0) is 28.8 Å². The Labute approximate surface area is 352 Å². The van der Waals surface area contributed by atoms with Crippen LogP contribution in [0.1, 0.15) is 22.3 Å². The van der Waals surface area contributed by atoms with E-state index in [0.29, 0.717) is 6.54 Å². The molecule has 0 unspecified atom stereocenters. The van der Waals surface area contributed by atoms with Crippen molar-refractivity contribution in [3.63, 3.8) is 0 Å². The Morgan fingerprint density at radius 3 is 2.33 bits per heavy atom. The molecule has 8 rings (SSSR count). The molecule has 4 aromatic rings. The molecular formula is C46H57N9O5. The molecule has 2 N–H and O–H groups in total. The summed E-state index contributed by atoms with van der Waals surface area (Å²) in [6.45, 7) is 18.9. The van der Waals surface area contributed by atoms with Gasteiger partial charge >= 0.3 is 6.03 Å². The molecule has 4 saturated heterocycles. The van der Waals surface area contributed by atoms with E-state index in [1.165, 1.54) is 0 Å². The number of aromatic hydroxyl groups is 1. The van der Waals surface area contributed by atoms with Gasteiger partial charge in [0, 0.05) is 108 Å². The fourth-order valence-electron chi connectivity index (χ4n) is 9.19. The van der Waals surface area contributed by atoms with Crippen molar-refractivity contribution in [3.05, 3.63) is 120 Å². The highest BCUT2D eigenvalue weighted by Gasteiger charge is 2.51. The minimum absolute atomic E-state index is 0.0839. The molecule has 4 amide bonds. The molecule has 0 saturated carbocycles. The average molecular weight is 816 g/mol. The number of amides is 4. The number of phenolic OH excluding ortho intramolecular Hbond substituents is 1. The Kier molecular flexibility index (Phi) is 12.5. The van der Waals surface area contributed by atoms with Crippen LogP contribution in [0.4, 0.5) is 4.79 Å². The predicted molar refractivity (Wildman–Crippen MR) is 231 cm³/mol. The second kappa shape index (κ2) is 18.3. The number of aromatic nitrogens is 1. The Morgan fingerprint density at radius 2 is 1.62 bits per heavy atom. The Morgan fingerprint density at radius 1 is 0.900 bits per heavy atom. The van der Waals surface area contributed by atoms with Crippen molar-refractivity contribution in [2.75, 3.05) is 85.2 Å². The lowest BCUT2D eigenvalue weighted by atomic mass is 9.98. The van der Waals surface area contributed by atoms with Crippen LogP contribution in [0.3, 0.4) is 0 Å². The number of rotatable bonds is 13. The molecule has 3 aromatic carbocycles. The van der Waals surface area contributed by atoms with Gasteiger partial charge in [-0.3, -0.25) is 19.4 Å². The number of ether oxygens (including phenoxy) is 1. The number of phenols is 1. The third-order valence-corrected chi connectivity index (χ3v) is 12.4. The standard InChI is InChI=1S/C46H57N9O5/c1-4-17-53-33-43(57)54-41(28-35-13-15-38(56)16-14-35)45(58)52(32-42(54)55(53)46(59)47-29-36-9-6-5-7-10-36)30-37-11-8-12-39-40(31-48(3)44(37)39)34(2)51-22-20-49(21-23-51)18-19-50-24-26-60-27-25-50/h4-16,31,41-42,56H,1-2,17-30,32-33H2,3H3,(H,47,59)/t41-,42-/m0/s1. The van der Waals surface area contributed by atoms with E-state index >= 15 is 0 Å². The van der Waals surface area contributed by atoms with E-state index < -0.39 is 12.2 Å². The first-order valence-corrected chi connectivity index (χ1v) is 21.1. The zero-order valence-electron chi connectivity index (χ0n) is 34.6. The van der Waals surface area contributed by atoms with Gasteiger partial charge in [-0.1, -0.05) is 73.3 Å². The van der Waals surface area contributed by atoms with E-state index in [-0.39, 0.29) is 56.2 Å². The van der Waals surface area contributed by atoms with Gasteiger partial charge in [-0.25, -0.2) is 14.8 Å². The Hall–Kier alpha value is -5.67. The maximum Gasteiger partial charge on any atom is 0.334 e. The quantitative estimate of drug-likeness (QED) is 0.196. The normalized spacial score (nSPS) is 20.8. The van der Waals surface area contributed by atoms with Crippen LogP contribution in [-0.4, -0.2) is 159 Å². The monoisotopic (exact) mass is 815 g/mol. The van der Waals surface area contributed by atoms with Crippen molar-refractivity contribution < 1.29 is 24.2 Å². The number of para-hydroxylation sites is 1. The van der Waals surface area contributed by atoms with Crippen molar-refractivity contribution >= 4 is 34.4 Å². The van der Waals surface area contributed by atoms with Gasteiger partial charge in [0.2, 0.25) is 11.8 Å². The van der Waals surface area contributed by atoms with Crippen LogP contribution in [0.2, 0.25) is 0 Å². The number of carbonyl (C=O) groups excluding carboxylic acids is 3. The highest BCUT2D eigenvalue weighted by Crippen LogP contribution is 2.34. The van der Waals surface area contributed by atoms with Crippen LogP contribution >= 0.6 is 0 Å². The van der Waals surface area contributed by atoms with Crippen molar-refractivity contribution in [2.24, 2.45) is 7.05 Å². The van der Waals surface area contributed by atoms with Gasteiger partial charge in [0.15, 0.2) is 0 Å². The lowest BCUT2D eigenvalue weighted by Crippen LogP contribution is -2.76. The number of benzene rings is 3. The summed E-state index contributed by atoms with van der Waals surface area (Å²) in [6.07, 6.45) is 3.25. The molecule has 5 heterocycles. The molecular weight excluding hydrogens is 759 g/mol. The summed E-state index contributed by atoms with van der Waals surface area (Å²) < 4.78 is 7.64. The van der Waals surface area contributed by atoms with Crippen LogP contribution in [0.25, 0.3) is 16.6 Å². The zero-order chi connectivity index (χ0) is 41.8. The molecule has 316 valence electrons. The molecule has 0 aliphatic carbocycles. The molecule has 14 heteroatoms. The van der Waals surface area contributed by atoms with Gasteiger partial charge in [-0.2, -0.15) is 0 Å². The fraction of sp³-hybridized carbons (Fsp3) is 0.413. The Bertz CT molecular complexity index is 2180. The number of urea groups is 1. The van der Waals surface area contributed by atoms with E-state index in [0.717, 1.165) is 104 Å². The summed E-state index contributed by atoms with van der Waals surface area (Å²) in [4.78, 5) is 54.0. The summed E-state index contributed by atoms with van der Waals surface area (Å²) in [5.41, 5.74) is 5.75. The molecule has 60 heavy (non-hydrogen) atoms. The van der Waals surface area contributed by atoms with Gasteiger partial charge in [-0.15, -0.1) is 6.58 Å². The van der Waals surface area contributed by atoms with Gasteiger partial charge in [0.05, 0.1) is 31.8 Å². The number of hydrogen-bond donors (Lipinski definition) is 2. The third-order valence-electron chi connectivity index (χ3n) is 12.4. The lowest BCUT2D eigenvalue weighted by molar-refractivity contribution is -0.189. The molecule has 14 nitrogen and oxygen atoms in total. The van der Waals surface area contributed by atoms with Gasteiger partial charge in [0.25, 0.3) is 0 Å². The number of hydrogen-bond acceptors (Lipinski definition) is 9. The molecule has 0 spiro atoms. The van der Waals surface area contributed by atoms with E-state index in [1.54, 1.807) is 50.2 Å². The lowest BCUT2D eigenvalue weighted by Gasteiger charge is -2.55. The number of fused-ring (bicyclic) bond motifs is 2. The predicted octanol–water partition coefficient (Wildman–Crippen LogP) is 3.54. The molecule has 4 fully saturated rings. The molecule has 4 aliphatic heterocycles. The number of piperazine rings is 2. The van der Waals surface area contributed by atoms with Crippen LogP contribution in [0.15, 0.2) is 98.2 Å². The summed E-state index contributed by atoms with van der Waals surface area (Å²) in [5, 5.41) is 17.5. The number of nitrogens with zero attached hydrogens (tertiary/aromatic N) is 8. The van der Waals surface area contributed by atoms with Crippen LogP contribution in [-0.2, 0) is 40.9 Å². The van der Waals surface area contributed by atoms with Crippen LogP contribution in [0.5, 0.6) is 5.75 Å². The fourth-order valence-corrected chi connectivity index (χ4v) is 9.19. The molecule has 2 atom stereocenters. The number of carbonyl (C=O) groups is 3. The summed E-state index contributed by atoms with van der Waals surface area (Å²) >= 11 is 0. The van der Waals surface area contributed by atoms with Gasteiger partial charge < -0.3 is 34.4 Å². The van der Waals surface area contributed by atoms with E-state index in [2.05, 4.69) is 56.1 Å². The molecule has 0 radical (unpaired) electrons. The first-order valence-electron chi connectivity index (χ1n) is 21.1. The van der Waals surface area contributed by atoms with Crippen molar-refractivity contribution in [2.45, 2.75) is 31.7 Å². The molecule has 1 aromatic heterocycles. The number of aryl methyl sites for hydroxylation is 1. The first kappa shape index (κ1) is 41.1. The average Bonchev–Trinajstić information content (AvgIpc) is 3.61. The highest BCUT2D eigenvalue weighted by atomic mass is 16.5. The van der Waals surface area contributed by atoms with E-state index in [1.807, 2.05) is 43.4 Å². The first-order chi connectivity index (χ1) is 29.2.